The van der Waals surface area contributed by atoms with Crippen molar-refractivity contribution in [3.63, 3.8) is 0 Å². The largest absolute Gasteiger partial charge is 0.506 e. The first-order valence-corrected chi connectivity index (χ1v) is 8.41. The lowest BCUT2D eigenvalue weighted by Gasteiger charge is -2.04. The van der Waals surface area contributed by atoms with E-state index in [0.717, 1.165) is 8.04 Å². The highest BCUT2D eigenvalue weighted by Crippen LogP contribution is 2.30. The number of hydrazone groups is 1. The molecule has 0 saturated heterocycles. The molecule has 7 heteroatoms. The van der Waals surface area contributed by atoms with Crippen LogP contribution in [0.4, 0.5) is 0 Å². The fourth-order valence-electron chi connectivity index (χ4n) is 1.55. The molecule has 0 aliphatic carbocycles. The van der Waals surface area contributed by atoms with Crippen LogP contribution in [0.2, 0.25) is 0 Å². The van der Waals surface area contributed by atoms with Crippen LogP contribution < -0.4 is 5.43 Å². The van der Waals surface area contributed by atoms with Crippen LogP contribution >= 0.6 is 54.5 Å². The Hall–Kier alpha value is -0.930. The number of hydrogen-bond acceptors (Lipinski definition) is 3. The van der Waals surface area contributed by atoms with Crippen LogP contribution in [0.1, 0.15) is 15.9 Å². The van der Waals surface area contributed by atoms with Gasteiger partial charge in [-0.05, 0) is 62.8 Å². The molecule has 0 fully saturated rings. The van der Waals surface area contributed by atoms with Gasteiger partial charge in [-0.2, -0.15) is 5.10 Å². The summed E-state index contributed by atoms with van der Waals surface area (Å²) in [5, 5.41) is 13.7. The Balaban J connectivity index is 2.13. The summed E-state index contributed by atoms with van der Waals surface area (Å²) in [6.45, 7) is 0. The molecule has 0 aromatic heterocycles. The highest BCUT2D eigenvalue weighted by atomic mass is 127. The number of nitrogens with zero attached hydrogens (tertiary/aromatic N) is 1. The number of benzene rings is 2. The number of hydrogen-bond donors (Lipinski definition) is 2. The van der Waals surface area contributed by atoms with Crippen LogP contribution in [0, 0.1) is 3.57 Å². The van der Waals surface area contributed by atoms with Gasteiger partial charge in [0.2, 0.25) is 0 Å². The molecule has 0 atom stereocenters. The summed E-state index contributed by atoms with van der Waals surface area (Å²) in [5.74, 6) is -0.240. The smallest absolute Gasteiger partial charge is 0.272 e. The van der Waals surface area contributed by atoms with Crippen LogP contribution in [0.25, 0.3) is 0 Å². The second-order valence-electron chi connectivity index (χ2n) is 4.00. The number of carbonyl (C=O) groups excluding carboxylic acids is 1. The molecule has 0 unspecified atom stereocenters. The number of phenolic OH excluding ortho intramolecular Hbond substituents is 1. The van der Waals surface area contributed by atoms with Gasteiger partial charge in [0, 0.05) is 13.6 Å². The Kier molecular flexibility index (Phi) is 5.77. The average molecular weight is 524 g/mol. The lowest BCUT2D eigenvalue weighted by Crippen LogP contribution is -2.18. The minimum Gasteiger partial charge on any atom is -0.506 e. The topological polar surface area (TPSA) is 61.7 Å². The molecule has 2 aromatic carbocycles. The minimum absolute atomic E-state index is 0.0606. The summed E-state index contributed by atoms with van der Waals surface area (Å²) in [5.41, 5.74) is 3.47. The van der Waals surface area contributed by atoms with Crippen LogP contribution in [0.5, 0.6) is 5.75 Å². The molecule has 21 heavy (non-hydrogen) atoms. The third-order valence-corrected chi connectivity index (χ3v) is 4.55. The third-order valence-electron chi connectivity index (χ3n) is 2.55. The number of carbonyl (C=O) groups is 1. The van der Waals surface area contributed by atoms with Gasteiger partial charge in [-0.1, -0.05) is 28.1 Å². The van der Waals surface area contributed by atoms with E-state index in [0.29, 0.717) is 15.6 Å². The van der Waals surface area contributed by atoms with Crippen LogP contribution in [0.3, 0.4) is 0 Å². The molecule has 0 saturated carbocycles. The molecule has 2 N–H and O–H groups in total. The van der Waals surface area contributed by atoms with E-state index in [4.69, 9.17) is 0 Å². The zero-order valence-corrected chi connectivity index (χ0v) is 15.8. The number of rotatable bonds is 3. The highest BCUT2D eigenvalue weighted by molar-refractivity contribution is 14.1. The zero-order valence-electron chi connectivity index (χ0n) is 10.5. The predicted molar refractivity (Wildman–Crippen MR) is 97.7 cm³/mol. The quantitative estimate of drug-likeness (QED) is 0.358. The van der Waals surface area contributed by atoms with Crippen molar-refractivity contribution >= 4 is 66.6 Å². The van der Waals surface area contributed by atoms with Crippen molar-refractivity contribution in [3.05, 3.63) is 60.0 Å². The van der Waals surface area contributed by atoms with Crippen LogP contribution in [-0.2, 0) is 0 Å². The van der Waals surface area contributed by atoms with Crippen molar-refractivity contribution in [1.82, 2.24) is 5.43 Å². The number of amides is 1. The fraction of sp³-hybridized carbons (Fsp3) is 0. The third kappa shape index (κ3) is 4.27. The fourth-order valence-corrected chi connectivity index (χ4v) is 3.44. The molecule has 0 heterocycles. The Morgan fingerprint density at radius 3 is 2.71 bits per heavy atom. The van der Waals surface area contributed by atoms with Crippen molar-refractivity contribution in [2.45, 2.75) is 0 Å². The first-order valence-electron chi connectivity index (χ1n) is 5.75. The SMILES string of the molecule is O=C(N/N=C/c1cc(Br)cc(Br)c1O)c1ccccc1I. The van der Waals surface area contributed by atoms with E-state index >= 15 is 0 Å². The van der Waals surface area contributed by atoms with Gasteiger partial charge in [0.25, 0.3) is 5.91 Å². The van der Waals surface area contributed by atoms with E-state index in [1.54, 1.807) is 24.3 Å². The minimum atomic E-state index is -0.301. The zero-order chi connectivity index (χ0) is 15.4. The van der Waals surface area contributed by atoms with Crippen molar-refractivity contribution in [1.29, 1.82) is 0 Å². The summed E-state index contributed by atoms with van der Waals surface area (Å²) < 4.78 is 2.18. The summed E-state index contributed by atoms with van der Waals surface area (Å²) in [4.78, 5) is 12.0. The Labute approximate surface area is 152 Å². The molecule has 0 aliphatic rings. The Bertz CT molecular complexity index is 720. The second kappa shape index (κ2) is 7.37. The molecule has 4 nitrogen and oxygen atoms in total. The van der Waals surface area contributed by atoms with Gasteiger partial charge in [0.1, 0.15) is 5.75 Å². The lowest BCUT2D eigenvalue weighted by molar-refractivity contribution is 0.0954. The van der Waals surface area contributed by atoms with E-state index in [1.807, 2.05) is 12.1 Å². The predicted octanol–water partition coefficient (Wildman–Crippen LogP) is 4.29. The molecule has 0 radical (unpaired) electrons. The van der Waals surface area contributed by atoms with Gasteiger partial charge in [0.05, 0.1) is 16.3 Å². The normalized spacial score (nSPS) is 10.8. The number of phenols is 1. The summed E-state index contributed by atoms with van der Waals surface area (Å²) in [6, 6.07) is 10.6. The van der Waals surface area contributed by atoms with E-state index in [2.05, 4.69) is 65.0 Å². The maximum absolute atomic E-state index is 12.0. The highest BCUT2D eigenvalue weighted by Gasteiger charge is 2.08. The van der Waals surface area contributed by atoms with E-state index in [-0.39, 0.29) is 11.7 Å². The van der Waals surface area contributed by atoms with Crippen molar-refractivity contribution in [2.24, 2.45) is 5.10 Å². The molecule has 0 aliphatic heterocycles. The maximum atomic E-state index is 12.0. The van der Waals surface area contributed by atoms with Gasteiger partial charge in [0.15, 0.2) is 0 Å². The van der Waals surface area contributed by atoms with Crippen LogP contribution in [0.15, 0.2) is 50.4 Å². The van der Waals surface area contributed by atoms with Crippen LogP contribution in [-0.4, -0.2) is 17.2 Å². The van der Waals surface area contributed by atoms with Gasteiger partial charge < -0.3 is 5.11 Å². The first-order chi connectivity index (χ1) is 9.99. The number of aromatic hydroxyl groups is 1. The molecule has 0 spiro atoms. The summed E-state index contributed by atoms with van der Waals surface area (Å²) >= 11 is 8.64. The number of halogens is 3. The van der Waals surface area contributed by atoms with Crippen molar-refractivity contribution < 1.29 is 9.90 Å². The van der Waals surface area contributed by atoms with Gasteiger partial charge in [-0.15, -0.1) is 0 Å². The van der Waals surface area contributed by atoms with Gasteiger partial charge in [-0.25, -0.2) is 5.43 Å². The molecule has 2 rings (SSSR count). The Morgan fingerprint density at radius 1 is 1.29 bits per heavy atom. The molecular weight excluding hydrogens is 515 g/mol. The average Bonchev–Trinajstić information content (AvgIpc) is 2.44. The Morgan fingerprint density at radius 2 is 2.00 bits per heavy atom. The first kappa shape index (κ1) is 16.4. The summed E-state index contributed by atoms with van der Waals surface area (Å²) in [6.07, 6.45) is 1.39. The molecule has 1 amide bonds. The van der Waals surface area contributed by atoms with Crippen molar-refractivity contribution in [3.8, 4) is 5.75 Å². The van der Waals surface area contributed by atoms with E-state index in [1.165, 1.54) is 6.21 Å². The standard InChI is InChI=1S/C14H9Br2IN2O2/c15-9-5-8(13(20)11(16)6-9)7-18-19-14(21)10-3-1-2-4-12(10)17/h1-7,20H,(H,19,21)/b18-7+. The summed E-state index contributed by atoms with van der Waals surface area (Å²) in [7, 11) is 0. The van der Waals surface area contributed by atoms with E-state index < -0.39 is 0 Å². The second-order valence-corrected chi connectivity index (χ2v) is 6.94. The van der Waals surface area contributed by atoms with Gasteiger partial charge >= 0.3 is 0 Å². The van der Waals surface area contributed by atoms with Gasteiger partial charge in [-0.3, -0.25) is 4.79 Å². The molecule has 108 valence electrons. The monoisotopic (exact) mass is 522 g/mol. The maximum Gasteiger partial charge on any atom is 0.272 e. The van der Waals surface area contributed by atoms with Crippen molar-refractivity contribution in [2.75, 3.05) is 0 Å². The molecule has 2 aromatic rings. The van der Waals surface area contributed by atoms with E-state index in [9.17, 15) is 9.90 Å². The number of nitrogens with one attached hydrogen (secondary N) is 1. The molecular formula is C14H9Br2IN2O2. The lowest BCUT2D eigenvalue weighted by atomic mass is 10.2. The molecule has 0 bridgehead atoms.